The Balaban J connectivity index is 1.80. The molecule has 0 aromatic carbocycles. The van der Waals surface area contributed by atoms with Gasteiger partial charge in [-0.1, -0.05) is 19.8 Å². The molecule has 0 aliphatic heterocycles. The third-order valence-corrected chi connectivity index (χ3v) is 3.85. The molecule has 1 heterocycles. The Kier molecular flexibility index (Phi) is 4.85. The number of anilines is 2. The number of pyridine rings is 1. The fourth-order valence-corrected chi connectivity index (χ4v) is 2.61. The summed E-state index contributed by atoms with van der Waals surface area (Å²) in [5.74, 6) is 2.74. The average molecular weight is 247 g/mol. The smallest absolute Gasteiger partial charge is 0.127 e. The van der Waals surface area contributed by atoms with Crippen LogP contribution < -0.4 is 10.6 Å². The van der Waals surface area contributed by atoms with Crippen molar-refractivity contribution in [2.45, 2.75) is 39.5 Å². The average Bonchev–Trinajstić information content (AvgIpc) is 2.39. The second-order valence-corrected chi connectivity index (χ2v) is 5.47. The van der Waals surface area contributed by atoms with Gasteiger partial charge in [0, 0.05) is 31.0 Å². The van der Waals surface area contributed by atoms with Gasteiger partial charge in [-0.25, -0.2) is 4.98 Å². The lowest BCUT2D eigenvalue weighted by Gasteiger charge is -2.26. The molecule has 3 nitrogen and oxygen atoms in total. The Morgan fingerprint density at radius 3 is 2.72 bits per heavy atom. The maximum absolute atomic E-state index is 4.28. The van der Waals surface area contributed by atoms with Gasteiger partial charge in [0.15, 0.2) is 0 Å². The molecular formula is C15H25N3. The molecule has 3 heteroatoms. The zero-order valence-electron chi connectivity index (χ0n) is 11.6. The lowest BCUT2D eigenvalue weighted by Crippen LogP contribution is -2.20. The highest BCUT2D eigenvalue weighted by Crippen LogP contribution is 2.28. The number of hydrogen-bond acceptors (Lipinski definition) is 3. The summed E-state index contributed by atoms with van der Waals surface area (Å²) in [7, 11) is 0. The van der Waals surface area contributed by atoms with Crippen LogP contribution in [-0.4, -0.2) is 18.1 Å². The molecule has 0 atom stereocenters. The van der Waals surface area contributed by atoms with E-state index in [1.165, 1.54) is 31.4 Å². The first-order valence-corrected chi connectivity index (χ1v) is 7.21. The first kappa shape index (κ1) is 13.2. The van der Waals surface area contributed by atoms with E-state index in [1.807, 2.05) is 12.3 Å². The monoisotopic (exact) mass is 247 g/mol. The number of aromatic nitrogens is 1. The maximum Gasteiger partial charge on any atom is 0.127 e. The van der Waals surface area contributed by atoms with Crippen molar-refractivity contribution in [1.82, 2.24) is 4.98 Å². The molecule has 1 aromatic heterocycles. The van der Waals surface area contributed by atoms with Gasteiger partial charge in [0.25, 0.3) is 0 Å². The van der Waals surface area contributed by atoms with Gasteiger partial charge in [0.2, 0.25) is 0 Å². The van der Waals surface area contributed by atoms with Crippen molar-refractivity contribution in [2.24, 2.45) is 11.8 Å². The molecule has 0 amide bonds. The highest BCUT2D eigenvalue weighted by molar-refractivity contribution is 5.51. The molecule has 1 saturated carbocycles. The van der Waals surface area contributed by atoms with Crippen molar-refractivity contribution in [2.75, 3.05) is 23.7 Å². The van der Waals surface area contributed by atoms with Gasteiger partial charge in [0.1, 0.15) is 5.82 Å². The molecule has 2 N–H and O–H groups in total. The van der Waals surface area contributed by atoms with E-state index >= 15 is 0 Å². The predicted molar refractivity (Wildman–Crippen MR) is 78.0 cm³/mol. The van der Waals surface area contributed by atoms with Gasteiger partial charge in [-0.2, -0.15) is 0 Å². The van der Waals surface area contributed by atoms with E-state index < -0.39 is 0 Å². The molecule has 0 unspecified atom stereocenters. The summed E-state index contributed by atoms with van der Waals surface area (Å²) in [6.07, 6.45) is 7.40. The van der Waals surface area contributed by atoms with Crippen molar-refractivity contribution < 1.29 is 0 Å². The Labute approximate surface area is 110 Å². The molecule has 0 radical (unpaired) electrons. The van der Waals surface area contributed by atoms with E-state index in [0.29, 0.717) is 0 Å². The van der Waals surface area contributed by atoms with Gasteiger partial charge >= 0.3 is 0 Å². The van der Waals surface area contributed by atoms with Crippen LogP contribution >= 0.6 is 0 Å². The zero-order chi connectivity index (χ0) is 12.8. The molecule has 1 aliphatic carbocycles. The van der Waals surface area contributed by atoms with Crippen LogP contribution in [0, 0.1) is 11.8 Å². The number of rotatable bonds is 5. The predicted octanol–water partition coefficient (Wildman–Crippen LogP) is 3.75. The van der Waals surface area contributed by atoms with E-state index in [1.54, 1.807) is 0 Å². The summed E-state index contributed by atoms with van der Waals surface area (Å²) in [6, 6.07) is 4.14. The molecule has 100 valence electrons. The Morgan fingerprint density at radius 1 is 1.22 bits per heavy atom. The molecule has 1 fully saturated rings. The highest BCUT2D eigenvalue weighted by atomic mass is 15.0. The maximum atomic E-state index is 4.28. The topological polar surface area (TPSA) is 37.0 Å². The Bertz CT molecular complexity index is 357. The third-order valence-electron chi connectivity index (χ3n) is 3.85. The minimum Gasteiger partial charge on any atom is -0.385 e. The van der Waals surface area contributed by atoms with E-state index in [9.17, 15) is 0 Å². The molecular weight excluding hydrogens is 222 g/mol. The highest BCUT2D eigenvalue weighted by Gasteiger charge is 2.17. The SMILES string of the molecule is CCNc1cc(NCC2CCC(C)CC2)ccn1. The normalized spacial score (nSPS) is 23.7. The summed E-state index contributed by atoms with van der Waals surface area (Å²) in [5.41, 5.74) is 1.18. The van der Waals surface area contributed by atoms with E-state index in [2.05, 4.69) is 35.5 Å². The number of nitrogens with one attached hydrogen (secondary N) is 2. The van der Waals surface area contributed by atoms with Crippen LogP contribution in [0.3, 0.4) is 0 Å². The van der Waals surface area contributed by atoms with Crippen LogP contribution in [0.4, 0.5) is 11.5 Å². The lowest BCUT2D eigenvalue weighted by atomic mass is 9.83. The first-order valence-electron chi connectivity index (χ1n) is 7.21. The second kappa shape index (κ2) is 6.62. The van der Waals surface area contributed by atoms with Gasteiger partial charge < -0.3 is 10.6 Å². The van der Waals surface area contributed by atoms with E-state index in [-0.39, 0.29) is 0 Å². The molecule has 0 spiro atoms. The zero-order valence-corrected chi connectivity index (χ0v) is 11.6. The van der Waals surface area contributed by atoms with E-state index in [0.717, 1.165) is 30.7 Å². The summed E-state index contributed by atoms with van der Waals surface area (Å²) in [4.78, 5) is 4.28. The van der Waals surface area contributed by atoms with Gasteiger partial charge in [0.05, 0.1) is 0 Å². The summed E-state index contributed by atoms with van der Waals surface area (Å²) >= 11 is 0. The molecule has 1 aromatic rings. The first-order chi connectivity index (χ1) is 8.78. The van der Waals surface area contributed by atoms with Crippen LogP contribution in [0.25, 0.3) is 0 Å². The second-order valence-electron chi connectivity index (χ2n) is 5.47. The van der Waals surface area contributed by atoms with Crippen molar-refractivity contribution in [3.05, 3.63) is 18.3 Å². The summed E-state index contributed by atoms with van der Waals surface area (Å²) in [5, 5.41) is 6.79. The quantitative estimate of drug-likeness (QED) is 0.832. The summed E-state index contributed by atoms with van der Waals surface area (Å²) in [6.45, 7) is 6.47. The van der Waals surface area contributed by atoms with Crippen molar-refractivity contribution in [3.63, 3.8) is 0 Å². The van der Waals surface area contributed by atoms with Crippen LogP contribution in [0.15, 0.2) is 18.3 Å². The van der Waals surface area contributed by atoms with Crippen molar-refractivity contribution >= 4 is 11.5 Å². The van der Waals surface area contributed by atoms with Crippen LogP contribution in [0.2, 0.25) is 0 Å². The van der Waals surface area contributed by atoms with Gasteiger partial charge in [-0.15, -0.1) is 0 Å². The largest absolute Gasteiger partial charge is 0.385 e. The Hall–Kier alpha value is -1.25. The van der Waals surface area contributed by atoms with Crippen LogP contribution in [0.5, 0.6) is 0 Å². The molecule has 18 heavy (non-hydrogen) atoms. The molecule has 0 saturated heterocycles. The summed E-state index contributed by atoms with van der Waals surface area (Å²) < 4.78 is 0. The molecule has 2 rings (SSSR count). The van der Waals surface area contributed by atoms with Crippen molar-refractivity contribution in [1.29, 1.82) is 0 Å². The van der Waals surface area contributed by atoms with Gasteiger partial charge in [-0.3, -0.25) is 0 Å². The van der Waals surface area contributed by atoms with Gasteiger partial charge in [-0.05, 0) is 37.7 Å². The number of nitrogens with zero attached hydrogens (tertiary/aromatic N) is 1. The number of hydrogen-bond donors (Lipinski definition) is 2. The Morgan fingerprint density at radius 2 is 2.00 bits per heavy atom. The third kappa shape index (κ3) is 3.90. The van der Waals surface area contributed by atoms with Crippen molar-refractivity contribution in [3.8, 4) is 0 Å². The van der Waals surface area contributed by atoms with E-state index in [4.69, 9.17) is 0 Å². The minimum absolute atomic E-state index is 0.844. The van der Waals surface area contributed by atoms with Crippen LogP contribution in [-0.2, 0) is 0 Å². The fraction of sp³-hybridized carbons (Fsp3) is 0.667. The standard InChI is InChI=1S/C15H25N3/c1-3-16-15-10-14(8-9-17-15)18-11-13-6-4-12(2)5-7-13/h8-10,12-13H,3-7,11H2,1-2H3,(H2,16,17,18). The van der Waals surface area contributed by atoms with Crippen LogP contribution in [0.1, 0.15) is 39.5 Å². The lowest BCUT2D eigenvalue weighted by molar-refractivity contribution is 0.300. The molecule has 1 aliphatic rings. The molecule has 0 bridgehead atoms. The fourth-order valence-electron chi connectivity index (χ4n) is 2.61. The minimum atomic E-state index is 0.844.